The lowest BCUT2D eigenvalue weighted by molar-refractivity contribution is 0.482. The molecule has 0 N–H and O–H groups in total. The number of fused-ring (bicyclic) bond motifs is 1. The number of aromatic nitrogens is 1. The fourth-order valence-corrected chi connectivity index (χ4v) is 3.58. The van der Waals surface area contributed by atoms with E-state index >= 15 is 0 Å². The molecule has 136 valence electrons. The number of hydrogen-bond donors (Lipinski definition) is 0. The van der Waals surface area contributed by atoms with Crippen molar-refractivity contribution in [3.05, 3.63) is 72.8 Å². The van der Waals surface area contributed by atoms with Crippen LogP contribution in [0.3, 0.4) is 0 Å². The minimum Gasteiger partial charge on any atom is -0.457 e. The highest BCUT2D eigenvalue weighted by Crippen LogP contribution is 2.29. The van der Waals surface area contributed by atoms with Crippen LogP contribution < -0.4 is 4.74 Å². The van der Waals surface area contributed by atoms with Crippen molar-refractivity contribution >= 4 is 20.9 Å². The summed E-state index contributed by atoms with van der Waals surface area (Å²) in [6, 6.07) is 21.6. The molecule has 6 heteroatoms. The van der Waals surface area contributed by atoms with Gasteiger partial charge in [-0.2, -0.15) is 0 Å². The van der Waals surface area contributed by atoms with Crippen LogP contribution >= 0.6 is 0 Å². The van der Waals surface area contributed by atoms with Gasteiger partial charge < -0.3 is 9.15 Å². The van der Waals surface area contributed by atoms with Gasteiger partial charge in [0.15, 0.2) is 15.4 Å². The molecule has 27 heavy (non-hydrogen) atoms. The van der Waals surface area contributed by atoms with E-state index in [4.69, 9.17) is 9.15 Å². The van der Waals surface area contributed by atoms with Gasteiger partial charge in [0.1, 0.15) is 17.0 Å². The fourth-order valence-electron chi connectivity index (χ4n) is 2.68. The Labute approximate surface area is 157 Å². The van der Waals surface area contributed by atoms with Crippen LogP contribution in [0.5, 0.6) is 11.5 Å². The summed E-state index contributed by atoms with van der Waals surface area (Å²) < 4.78 is 35.6. The van der Waals surface area contributed by atoms with E-state index in [1.807, 2.05) is 54.6 Å². The molecule has 1 heterocycles. The zero-order valence-electron chi connectivity index (χ0n) is 14.6. The summed E-state index contributed by atoms with van der Waals surface area (Å²) in [6.45, 7) is 1.62. The first-order valence-electron chi connectivity index (χ1n) is 8.52. The molecular formula is C21H17NO4S. The van der Waals surface area contributed by atoms with Crippen LogP contribution in [0.25, 0.3) is 22.6 Å². The Bertz CT molecular complexity index is 1180. The summed E-state index contributed by atoms with van der Waals surface area (Å²) in [7, 11) is -3.28. The molecule has 0 atom stereocenters. The molecule has 0 saturated carbocycles. The maximum atomic E-state index is 12.0. The summed E-state index contributed by atoms with van der Waals surface area (Å²) in [5.41, 5.74) is 1.85. The van der Waals surface area contributed by atoms with Crippen molar-refractivity contribution in [2.75, 3.05) is 5.75 Å². The molecule has 4 aromatic rings. The van der Waals surface area contributed by atoms with E-state index in [1.54, 1.807) is 25.1 Å². The molecule has 1 aromatic heterocycles. The molecule has 0 aliphatic rings. The summed E-state index contributed by atoms with van der Waals surface area (Å²) in [4.78, 5) is 4.69. The molecule has 5 nitrogen and oxygen atoms in total. The van der Waals surface area contributed by atoms with Gasteiger partial charge in [-0.1, -0.05) is 25.1 Å². The Kier molecular flexibility index (Phi) is 4.41. The quantitative estimate of drug-likeness (QED) is 0.484. The van der Waals surface area contributed by atoms with Gasteiger partial charge in [-0.05, 0) is 54.6 Å². The molecule has 4 rings (SSSR count). The van der Waals surface area contributed by atoms with Gasteiger partial charge in [-0.3, -0.25) is 0 Å². The van der Waals surface area contributed by atoms with Crippen LogP contribution in [0, 0.1) is 0 Å². The highest BCUT2D eigenvalue weighted by molar-refractivity contribution is 7.91. The van der Waals surface area contributed by atoms with Gasteiger partial charge >= 0.3 is 0 Å². The Morgan fingerprint density at radius 1 is 0.926 bits per heavy atom. The van der Waals surface area contributed by atoms with Crippen LogP contribution in [0.4, 0.5) is 0 Å². The van der Waals surface area contributed by atoms with Crippen molar-refractivity contribution in [3.63, 3.8) is 0 Å². The summed E-state index contributed by atoms with van der Waals surface area (Å²) >= 11 is 0. The Balaban J connectivity index is 1.62. The molecule has 0 amide bonds. The Morgan fingerprint density at radius 3 is 2.33 bits per heavy atom. The molecule has 0 unspecified atom stereocenters. The molecule has 0 radical (unpaired) electrons. The van der Waals surface area contributed by atoms with Crippen LogP contribution in [0.2, 0.25) is 0 Å². The van der Waals surface area contributed by atoms with Crippen LogP contribution in [-0.2, 0) is 9.84 Å². The van der Waals surface area contributed by atoms with Gasteiger partial charge in [0.2, 0.25) is 5.89 Å². The van der Waals surface area contributed by atoms with Crippen molar-refractivity contribution in [2.45, 2.75) is 11.8 Å². The molecule has 0 saturated heterocycles. The van der Waals surface area contributed by atoms with Crippen LogP contribution in [0.15, 0.2) is 82.1 Å². The maximum Gasteiger partial charge on any atom is 0.227 e. The monoisotopic (exact) mass is 379 g/mol. The van der Waals surface area contributed by atoms with E-state index < -0.39 is 9.84 Å². The first kappa shape index (κ1) is 17.3. The number of rotatable bonds is 5. The zero-order chi connectivity index (χ0) is 18.9. The van der Waals surface area contributed by atoms with Crippen LogP contribution in [0.1, 0.15) is 6.92 Å². The Morgan fingerprint density at radius 2 is 1.63 bits per heavy atom. The van der Waals surface area contributed by atoms with Gasteiger partial charge in [0.25, 0.3) is 0 Å². The summed E-state index contributed by atoms with van der Waals surface area (Å²) in [5, 5.41) is 0. The number of benzene rings is 3. The highest BCUT2D eigenvalue weighted by atomic mass is 32.2. The Hall–Kier alpha value is -3.12. The SMILES string of the molecule is CCS(=O)(=O)c1ccc2oc(-c3ccc(Oc4ccccc4)cc3)nc2c1. The van der Waals surface area contributed by atoms with Crippen molar-refractivity contribution in [3.8, 4) is 23.0 Å². The standard InChI is InChI=1S/C21H17NO4S/c1-2-27(23,24)18-12-13-20-19(14-18)22-21(26-20)15-8-10-17(11-9-15)25-16-6-4-3-5-7-16/h3-14H,2H2,1H3. The molecule has 0 fully saturated rings. The summed E-state index contributed by atoms with van der Waals surface area (Å²) in [5.74, 6) is 1.95. The molecule has 0 spiro atoms. The average Bonchev–Trinajstić information content (AvgIpc) is 3.13. The topological polar surface area (TPSA) is 69.4 Å². The zero-order valence-corrected chi connectivity index (χ0v) is 15.4. The number of nitrogens with zero attached hydrogens (tertiary/aromatic N) is 1. The normalized spacial score (nSPS) is 11.6. The molecule has 0 aliphatic carbocycles. The fraction of sp³-hybridized carbons (Fsp3) is 0.0952. The first-order chi connectivity index (χ1) is 13.0. The first-order valence-corrected chi connectivity index (χ1v) is 10.2. The lowest BCUT2D eigenvalue weighted by Gasteiger charge is -2.05. The maximum absolute atomic E-state index is 12.0. The number of hydrogen-bond acceptors (Lipinski definition) is 5. The predicted octanol–water partition coefficient (Wildman–Crippen LogP) is 5.08. The van der Waals surface area contributed by atoms with E-state index in [0.717, 1.165) is 11.3 Å². The lowest BCUT2D eigenvalue weighted by atomic mass is 10.2. The second kappa shape index (κ2) is 6.89. The third-order valence-corrected chi connectivity index (χ3v) is 5.91. The van der Waals surface area contributed by atoms with Gasteiger partial charge in [-0.25, -0.2) is 13.4 Å². The highest BCUT2D eigenvalue weighted by Gasteiger charge is 2.15. The average molecular weight is 379 g/mol. The molecule has 0 aliphatic heterocycles. The number of sulfone groups is 1. The van der Waals surface area contributed by atoms with E-state index in [0.29, 0.717) is 22.7 Å². The van der Waals surface area contributed by atoms with Crippen molar-refractivity contribution in [2.24, 2.45) is 0 Å². The van der Waals surface area contributed by atoms with Crippen molar-refractivity contribution in [1.82, 2.24) is 4.98 Å². The lowest BCUT2D eigenvalue weighted by Crippen LogP contribution is -2.03. The predicted molar refractivity (Wildman–Crippen MR) is 104 cm³/mol. The van der Waals surface area contributed by atoms with Crippen molar-refractivity contribution in [1.29, 1.82) is 0 Å². The smallest absolute Gasteiger partial charge is 0.227 e. The second-order valence-electron chi connectivity index (χ2n) is 5.99. The third kappa shape index (κ3) is 3.57. The van der Waals surface area contributed by atoms with Crippen molar-refractivity contribution < 1.29 is 17.6 Å². The molecule has 3 aromatic carbocycles. The second-order valence-corrected chi connectivity index (χ2v) is 8.27. The molecule has 0 bridgehead atoms. The summed E-state index contributed by atoms with van der Waals surface area (Å²) in [6.07, 6.45) is 0. The van der Waals surface area contributed by atoms with Crippen LogP contribution in [-0.4, -0.2) is 19.2 Å². The largest absolute Gasteiger partial charge is 0.457 e. The molecular weight excluding hydrogens is 362 g/mol. The van der Waals surface area contributed by atoms with E-state index in [9.17, 15) is 8.42 Å². The third-order valence-electron chi connectivity index (χ3n) is 4.18. The van der Waals surface area contributed by atoms with Gasteiger partial charge in [0, 0.05) is 5.56 Å². The number of ether oxygens (including phenoxy) is 1. The van der Waals surface area contributed by atoms with E-state index in [2.05, 4.69) is 4.98 Å². The van der Waals surface area contributed by atoms with Gasteiger partial charge in [-0.15, -0.1) is 0 Å². The minimum absolute atomic E-state index is 0.0477. The van der Waals surface area contributed by atoms with E-state index in [-0.39, 0.29) is 10.6 Å². The van der Waals surface area contributed by atoms with E-state index in [1.165, 1.54) is 0 Å². The van der Waals surface area contributed by atoms with Gasteiger partial charge in [0.05, 0.1) is 10.6 Å². The minimum atomic E-state index is -3.28. The number of oxazole rings is 1. The number of para-hydroxylation sites is 1.